The predicted octanol–water partition coefficient (Wildman–Crippen LogP) is 1.73. The molecule has 0 aliphatic rings. The third-order valence-corrected chi connectivity index (χ3v) is 5.25. The summed E-state index contributed by atoms with van der Waals surface area (Å²) in [6.07, 6.45) is 3.08. The summed E-state index contributed by atoms with van der Waals surface area (Å²) in [5.41, 5.74) is 0.504. The Morgan fingerprint density at radius 3 is 2.65 bits per heavy atom. The third-order valence-electron chi connectivity index (χ3n) is 3.23. The maximum absolute atomic E-state index is 12.2. The molecule has 0 unspecified atom stereocenters. The molecule has 0 atom stereocenters. The molecule has 0 saturated heterocycles. The summed E-state index contributed by atoms with van der Waals surface area (Å²) in [6.45, 7) is 0. The fourth-order valence-corrected chi connectivity index (χ4v) is 3.95. The first-order chi connectivity index (χ1) is 12.5. The quantitative estimate of drug-likeness (QED) is 0.709. The molecular formula is C16H11N5O3S2. The summed E-state index contributed by atoms with van der Waals surface area (Å²) in [5, 5.41) is 10.9. The smallest absolute Gasteiger partial charge is 0.266 e. The van der Waals surface area contributed by atoms with Crippen LogP contribution in [0.3, 0.4) is 0 Å². The summed E-state index contributed by atoms with van der Waals surface area (Å²) >= 11 is 1.13. The van der Waals surface area contributed by atoms with E-state index in [4.69, 9.17) is 5.26 Å². The van der Waals surface area contributed by atoms with Gasteiger partial charge in [0.05, 0.1) is 17.4 Å². The van der Waals surface area contributed by atoms with Crippen molar-refractivity contribution < 1.29 is 13.2 Å². The first kappa shape index (κ1) is 17.7. The second-order valence-electron chi connectivity index (χ2n) is 5.07. The van der Waals surface area contributed by atoms with Gasteiger partial charge in [0.25, 0.3) is 5.91 Å². The molecule has 0 radical (unpaired) electrons. The van der Waals surface area contributed by atoms with Crippen LogP contribution in [0.1, 0.15) is 21.6 Å². The fraction of sp³-hybridized carbons (Fsp3) is 0.0625. The second-order valence-corrected chi connectivity index (χ2v) is 7.65. The lowest BCUT2D eigenvalue weighted by Crippen LogP contribution is -2.32. The van der Waals surface area contributed by atoms with Crippen LogP contribution in [0, 0.1) is 11.3 Å². The van der Waals surface area contributed by atoms with E-state index in [9.17, 15) is 13.2 Å². The molecule has 0 aliphatic heterocycles. The van der Waals surface area contributed by atoms with Crippen LogP contribution in [0.5, 0.6) is 0 Å². The fourth-order valence-electron chi connectivity index (χ4n) is 2.08. The van der Waals surface area contributed by atoms with Gasteiger partial charge in [-0.05, 0) is 17.7 Å². The number of nitrogens with zero attached hydrogens (tertiary/aromatic N) is 4. The van der Waals surface area contributed by atoms with Crippen molar-refractivity contribution >= 4 is 27.3 Å². The average Bonchev–Trinajstić information content (AvgIpc) is 3.12. The average molecular weight is 385 g/mol. The SMILES string of the molecule is N#Cc1ccccc1CS(=O)(=O)NC(=O)c1csc(-c2ncccn2)n1. The monoisotopic (exact) mass is 385 g/mol. The lowest BCUT2D eigenvalue weighted by atomic mass is 10.1. The molecule has 8 nitrogen and oxygen atoms in total. The van der Waals surface area contributed by atoms with E-state index in [-0.39, 0.29) is 11.3 Å². The van der Waals surface area contributed by atoms with E-state index in [0.717, 1.165) is 11.3 Å². The van der Waals surface area contributed by atoms with E-state index in [1.54, 1.807) is 30.6 Å². The summed E-state index contributed by atoms with van der Waals surface area (Å²) in [5.74, 6) is -0.985. The highest BCUT2D eigenvalue weighted by Crippen LogP contribution is 2.19. The van der Waals surface area contributed by atoms with Gasteiger partial charge in [0.2, 0.25) is 10.0 Å². The normalized spacial score (nSPS) is 10.9. The van der Waals surface area contributed by atoms with E-state index in [1.807, 2.05) is 10.8 Å². The lowest BCUT2D eigenvalue weighted by molar-refractivity contribution is 0.0977. The van der Waals surface area contributed by atoms with Gasteiger partial charge < -0.3 is 0 Å². The molecule has 0 bridgehead atoms. The third kappa shape index (κ3) is 4.08. The molecule has 26 heavy (non-hydrogen) atoms. The molecule has 1 amide bonds. The highest BCUT2D eigenvalue weighted by atomic mass is 32.2. The number of sulfonamides is 1. The number of thiazole rings is 1. The summed E-state index contributed by atoms with van der Waals surface area (Å²) in [6, 6.07) is 9.87. The van der Waals surface area contributed by atoms with Crippen molar-refractivity contribution in [3.63, 3.8) is 0 Å². The van der Waals surface area contributed by atoms with Gasteiger partial charge in [0.15, 0.2) is 10.8 Å². The Kier molecular flexibility index (Phi) is 5.01. The van der Waals surface area contributed by atoms with Gasteiger partial charge in [0, 0.05) is 17.8 Å². The highest BCUT2D eigenvalue weighted by Gasteiger charge is 2.21. The van der Waals surface area contributed by atoms with Crippen LogP contribution in [0.25, 0.3) is 10.8 Å². The van der Waals surface area contributed by atoms with E-state index in [2.05, 4.69) is 15.0 Å². The van der Waals surface area contributed by atoms with Crippen LogP contribution in [-0.2, 0) is 15.8 Å². The highest BCUT2D eigenvalue weighted by molar-refractivity contribution is 7.89. The number of nitriles is 1. The number of carbonyl (C=O) groups is 1. The van der Waals surface area contributed by atoms with Crippen molar-refractivity contribution in [2.45, 2.75) is 5.75 Å². The van der Waals surface area contributed by atoms with Gasteiger partial charge in [-0.2, -0.15) is 5.26 Å². The Balaban J connectivity index is 1.75. The Labute approximate surface area is 153 Å². The van der Waals surface area contributed by atoms with E-state index >= 15 is 0 Å². The molecule has 1 aromatic carbocycles. The van der Waals surface area contributed by atoms with Crippen molar-refractivity contribution in [1.82, 2.24) is 19.7 Å². The zero-order chi connectivity index (χ0) is 18.6. The molecule has 1 N–H and O–H groups in total. The molecule has 10 heteroatoms. The Hall–Kier alpha value is -3.16. The second kappa shape index (κ2) is 7.38. The number of rotatable bonds is 5. The van der Waals surface area contributed by atoms with Crippen molar-refractivity contribution in [3.8, 4) is 16.9 Å². The molecule has 0 spiro atoms. The van der Waals surface area contributed by atoms with Crippen LogP contribution in [0.4, 0.5) is 0 Å². The molecule has 3 aromatic rings. The largest absolute Gasteiger partial charge is 0.284 e. The molecule has 2 heterocycles. The van der Waals surface area contributed by atoms with Gasteiger partial charge in [-0.1, -0.05) is 18.2 Å². The Morgan fingerprint density at radius 2 is 1.92 bits per heavy atom. The summed E-state index contributed by atoms with van der Waals surface area (Å²) in [7, 11) is -3.99. The molecular weight excluding hydrogens is 374 g/mol. The van der Waals surface area contributed by atoms with Gasteiger partial charge in [-0.25, -0.2) is 28.1 Å². The van der Waals surface area contributed by atoms with Gasteiger partial charge >= 0.3 is 0 Å². The van der Waals surface area contributed by atoms with Crippen LogP contribution in [-0.4, -0.2) is 29.3 Å². The van der Waals surface area contributed by atoms with Gasteiger partial charge in [-0.3, -0.25) is 4.79 Å². The van der Waals surface area contributed by atoms with Crippen molar-refractivity contribution in [3.05, 3.63) is 64.9 Å². The van der Waals surface area contributed by atoms with Crippen molar-refractivity contribution in [1.29, 1.82) is 5.26 Å². The molecule has 130 valence electrons. The first-order valence-electron chi connectivity index (χ1n) is 7.24. The molecule has 0 saturated carbocycles. The van der Waals surface area contributed by atoms with Gasteiger partial charge in [0.1, 0.15) is 5.69 Å². The zero-order valence-corrected chi connectivity index (χ0v) is 14.8. The van der Waals surface area contributed by atoms with E-state index < -0.39 is 21.7 Å². The number of amides is 1. The maximum Gasteiger partial charge on any atom is 0.284 e. The molecule has 3 rings (SSSR count). The number of benzene rings is 1. The zero-order valence-electron chi connectivity index (χ0n) is 13.2. The lowest BCUT2D eigenvalue weighted by Gasteiger charge is -2.06. The number of carbonyl (C=O) groups excluding carboxylic acids is 1. The standard InChI is InChI=1S/C16H11N5O3S2/c17-8-11-4-1-2-5-12(11)10-26(23,24)21-15(22)13-9-25-16(20-13)14-18-6-3-7-19-14/h1-7,9H,10H2,(H,21,22). The minimum absolute atomic E-state index is 0.0467. The number of hydrogen-bond donors (Lipinski definition) is 1. The van der Waals surface area contributed by atoms with Crippen LogP contribution in [0.15, 0.2) is 48.1 Å². The number of nitrogens with one attached hydrogen (secondary N) is 1. The van der Waals surface area contributed by atoms with Crippen LogP contribution < -0.4 is 4.72 Å². The van der Waals surface area contributed by atoms with E-state index in [1.165, 1.54) is 17.5 Å². The molecule has 2 aromatic heterocycles. The topological polar surface area (TPSA) is 126 Å². The minimum atomic E-state index is -3.99. The Bertz CT molecular complexity index is 1090. The summed E-state index contributed by atoms with van der Waals surface area (Å²) in [4.78, 5) is 24.3. The minimum Gasteiger partial charge on any atom is -0.266 e. The molecule has 0 fully saturated rings. The number of hydrogen-bond acceptors (Lipinski definition) is 8. The first-order valence-corrected chi connectivity index (χ1v) is 9.77. The number of aromatic nitrogens is 3. The van der Waals surface area contributed by atoms with Crippen LogP contribution >= 0.6 is 11.3 Å². The summed E-state index contributed by atoms with van der Waals surface area (Å²) < 4.78 is 26.4. The van der Waals surface area contributed by atoms with Crippen molar-refractivity contribution in [2.75, 3.05) is 0 Å². The van der Waals surface area contributed by atoms with Crippen molar-refractivity contribution in [2.24, 2.45) is 0 Å². The predicted molar refractivity (Wildman–Crippen MR) is 94.4 cm³/mol. The van der Waals surface area contributed by atoms with E-state index in [0.29, 0.717) is 16.4 Å². The van der Waals surface area contributed by atoms with Crippen LogP contribution in [0.2, 0.25) is 0 Å². The Morgan fingerprint density at radius 1 is 1.19 bits per heavy atom. The molecule has 0 aliphatic carbocycles. The van der Waals surface area contributed by atoms with Gasteiger partial charge in [-0.15, -0.1) is 11.3 Å². The maximum atomic E-state index is 12.2.